The normalized spacial score (nSPS) is 11.3. The predicted octanol–water partition coefficient (Wildman–Crippen LogP) is 4.56. The van der Waals surface area contributed by atoms with Gasteiger partial charge in [0, 0.05) is 36.3 Å². The maximum absolute atomic E-state index is 4.80. The van der Waals surface area contributed by atoms with E-state index in [1.807, 2.05) is 24.6 Å². The molecule has 2 N–H and O–H groups in total. The summed E-state index contributed by atoms with van der Waals surface area (Å²) in [6.45, 7) is 10.5. The largest absolute Gasteiger partial charge is 0.357 e. The highest BCUT2D eigenvalue weighted by atomic mass is 127. The van der Waals surface area contributed by atoms with Gasteiger partial charge in [0.1, 0.15) is 0 Å². The minimum atomic E-state index is 0. The maximum atomic E-state index is 4.80. The summed E-state index contributed by atoms with van der Waals surface area (Å²) >= 11 is 1.74. The zero-order valence-electron chi connectivity index (χ0n) is 18.1. The van der Waals surface area contributed by atoms with Gasteiger partial charge in [-0.15, -0.1) is 35.3 Å². The van der Waals surface area contributed by atoms with Gasteiger partial charge in [0.2, 0.25) is 0 Å². The molecule has 0 atom stereocenters. The summed E-state index contributed by atoms with van der Waals surface area (Å²) in [5, 5.41) is 14.7. The Morgan fingerprint density at radius 3 is 2.60 bits per heavy atom. The summed E-state index contributed by atoms with van der Waals surface area (Å²) in [4.78, 5) is 9.32. The van der Waals surface area contributed by atoms with E-state index in [9.17, 15) is 0 Å². The van der Waals surface area contributed by atoms with Gasteiger partial charge in [-0.3, -0.25) is 0 Å². The summed E-state index contributed by atoms with van der Waals surface area (Å²) in [6.07, 6.45) is 2.02. The highest BCUT2D eigenvalue weighted by molar-refractivity contribution is 14.0. The van der Waals surface area contributed by atoms with Gasteiger partial charge < -0.3 is 10.6 Å². The molecular formula is C22H31IN6S. The number of nitrogens with one attached hydrogen (secondary N) is 2. The van der Waals surface area contributed by atoms with Gasteiger partial charge >= 0.3 is 0 Å². The lowest BCUT2D eigenvalue weighted by Gasteiger charge is -2.13. The molecule has 0 amide bonds. The standard InChI is InChI=1S/C22H30N6S.HI/c1-5-23-22(24-12-8-11-21-26-17(3)15-29-21)25-14-19-9-6-7-10-20(19)28-18(4)13-16(2)27-28;/h6-7,9-10,13,15H,5,8,11-12,14H2,1-4H3,(H2,23,24,25);1H. The van der Waals surface area contributed by atoms with Crippen LogP contribution >= 0.6 is 35.3 Å². The number of guanidine groups is 1. The Bertz CT molecular complexity index is 962. The number of aliphatic imine (C=N–C) groups is 1. The molecule has 1 aromatic carbocycles. The number of hydrogen-bond donors (Lipinski definition) is 2. The summed E-state index contributed by atoms with van der Waals surface area (Å²) in [5.74, 6) is 0.839. The maximum Gasteiger partial charge on any atom is 0.191 e. The molecule has 0 aliphatic carbocycles. The fourth-order valence-corrected chi connectivity index (χ4v) is 4.01. The number of rotatable bonds is 8. The van der Waals surface area contributed by atoms with Crippen molar-refractivity contribution in [2.45, 2.75) is 47.1 Å². The Morgan fingerprint density at radius 1 is 1.13 bits per heavy atom. The van der Waals surface area contributed by atoms with Crippen molar-refractivity contribution in [3.8, 4) is 5.69 Å². The Kier molecular flexibility index (Phi) is 9.77. The van der Waals surface area contributed by atoms with E-state index in [4.69, 9.17) is 4.99 Å². The van der Waals surface area contributed by atoms with Crippen LogP contribution in [-0.4, -0.2) is 33.8 Å². The molecule has 0 radical (unpaired) electrons. The molecule has 0 fully saturated rings. The van der Waals surface area contributed by atoms with E-state index in [1.165, 1.54) is 5.01 Å². The summed E-state index contributed by atoms with van der Waals surface area (Å²) < 4.78 is 2.00. The van der Waals surface area contributed by atoms with E-state index in [1.54, 1.807) is 11.3 Å². The van der Waals surface area contributed by atoms with E-state index >= 15 is 0 Å². The molecule has 0 saturated heterocycles. The molecule has 162 valence electrons. The van der Waals surface area contributed by atoms with Crippen molar-refractivity contribution >= 4 is 41.3 Å². The first-order valence-electron chi connectivity index (χ1n) is 10.1. The number of halogens is 1. The number of hydrogen-bond acceptors (Lipinski definition) is 4. The van der Waals surface area contributed by atoms with Crippen LogP contribution in [0.4, 0.5) is 0 Å². The number of aryl methyl sites for hydroxylation is 4. The molecule has 2 heterocycles. The van der Waals surface area contributed by atoms with Crippen LogP contribution in [0.3, 0.4) is 0 Å². The third-order valence-electron chi connectivity index (χ3n) is 4.51. The number of benzene rings is 1. The average molecular weight is 539 g/mol. The van der Waals surface area contributed by atoms with Gasteiger partial charge in [0.05, 0.1) is 22.9 Å². The molecule has 2 aromatic heterocycles. The number of para-hydroxylation sites is 1. The lowest BCUT2D eigenvalue weighted by Crippen LogP contribution is -2.37. The van der Waals surface area contributed by atoms with Crippen LogP contribution in [0.15, 0.2) is 40.7 Å². The smallest absolute Gasteiger partial charge is 0.191 e. The molecule has 3 aromatic rings. The zero-order valence-corrected chi connectivity index (χ0v) is 21.3. The molecule has 0 aliphatic heterocycles. The van der Waals surface area contributed by atoms with E-state index in [0.717, 1.165) is 60.2 Å². The first-order valence-corrected chi connectivity index (χ1v) is 11.0. The van der Waals surface area contributed by atoms with E-state index in [0.29, 0.717) is 6.54 Å². The minimum absolute atomic E-state index is 0. The molecule has 0 spiro atoms. The average Bonchev–Trinajstić information content (AvgIpc) is 3.27. The second-order valence-electron chi connectivity index (χ2n) is 7.08. The second kappa shape index (κ2) is 12.0. The molecule has 0 bridgehead atoms. The monoisotopic (exact) mass is 538 g/mol. The summed E-state index contributed by atoms with van der Waals surface area (Å²) in [6, 6.07) is 10.4. The van der Waals surface area contributed by atoms with E-state index in [2.05, 4.69) is 64.2 Å². The molecule has 3 rings (SSSR count). The second-order valence-corrected chi connectivity index (χ2v) is 8.02. The number of nitrogens with zero attached hydrogens (tertiary/aromatic N) is 4. The predicted molar refractivity (Wildman–Crippen MR) is 136 cm³/mol. The Morgan fingerprint density at radius 2 is 1.93 bits per heavy atom. The molecule has 0 aliphatic rings. The number of thiazole rings is 1. The Hall–Kier alpha value is -1.94. The van der Waals surface area contributed by atoms with Crippen molar-refractivity contribution in [1.29, 1.82) is 0 Å². The van der Waals surface area contributed by atoms with Crippen LogP contribution in [0.25, 0.3) is 5.69 Å². The molecule has 0 unspecified atom stereocenters. The van der Waals surface area contributed by atoms with Crippen molar-refractivity contribution in [2.75, 3.05) is 13.1 Å². The first kappa shape index (κ1) is 24.3. The third kappa shape index (κ3) is 6.80. The van der Waals surface area contributed by atoms with E-state index < -0.39 is 0 Å². The highest BCUT2D eigenvalue weighted by Crippen LogP contribution is 2.18. The van der Waals surface area contributed by atoms with E-state index in [-0.39, 0.29) is 24.0 Å². The van der Waals surface area contributed by atoms with Crippen molar-refractivity contribution in [2.24, 2.45) is 4.99 Å². The van der Waals surface area contributed by atoms with Crippen molar-refractivity contribution in [3.63, 3.8) is 0 Å². The molecule has 0 saturated carbocycles. The van der Waals surface area contributed by atoms with Gasteiger partial charge in [-0.05, 0) is 51.8 Å². The Labute approximate surface area is 200 Å². The van der Waals surface area contributed by atoms with Crippen LogP contribution in [0, 0.1) is 20.8 Å². The van der Waals surface area contributed by atoms with Crippen molar-refractivity contribution < 1.29 is 0 Å². The SMILES string of the molecule is CCNC(=NCc1ccccc1-n1nc(C)cc1C)NCCCc1nc(C)cs1.I. The van der Waals surface area contributed by atoms with Gasteiger partial charge in [-0.25, -0.2) is 14.7 Å². The highest BCUT2D eigenvalue weighted by Gasteiger charge is 2.09. The van der Waals surface area contributed by atoms with Crippen molar-refractivity contribution in [3.05, 3.63) is 63.4 Å². The molecular weight excluding hydrogens is 507 g/mol. The molecule has 6 nitrogen and oxygen atoms in total. The third-order valence-corrected chi connectivity index (χ3v) is 5.53. The molecule has 8 heteroatoms. The number of aromatic nitrogens is 3. The van der Waals surface area contributed by atoms with Crippen LogP contribution < -0.4 is 10.6 Å². The summed E-state index contributed by atoms with van der Waals surface area (Å²) in [7, 11) is 0. The van der Waals surface area contributed by atoms with Crippen LogP contribution in [0.1, 0.15) is 41.0 Å². The topological polar surface area (TPSA) is 67.1 Å². The van der Waals surface area contributed by atoms with Gasteiger partial charge in [0.25, 0.3) is 0 Å². The minimum Gasteiger partial charge on any atom is -0.357 e. The molecule has 30 heavy (non-hydrogen) atoms. The van der Waals surface area contributed by atoms with Crippen LogP contribution in [0.5, 0.6) is 0 Å². The fraction of sp³-hybridized carbons (Fsp3) is 0.409. The van der Waals surface area contributed by atoms with Gasteiger partial charge in [0.15, 0.2) is 5.96 Å². The Balaban J connectivity index is 0.00000320. The lowest BCUT2D eigenvalue weighted by molar-refractivity contribution is 0.739. The van der Waals surface area contributed by atoms with Gasteiger partial charge in [-0.2, -0.15) is 5.10 Å². The first-order chi connectivity index (χ1) is 14.1. The lowest BCUT2D eigenvalue weighted by atomic mass is 10.2. The summed E-state index contributed by atoms with van der Waals surface area (Å²) in [5.41, 5.74) is 5.48. The van der Waals surface area contributed by atoms with Crippen LogP contribution in [0.2, 0.25) is 0 Å². The van der Waals surface area contributed by atoms with Gasteiger partial charge in [-0.1, -0.05) is 18.2 Å². The zero-order chi connectivity index (χ0) is 20.6. The van der Waals surface area contributed by atoms with Crippen LogP contribution in [-0.2, 0) is 13.0 Å². The fourth-order valence-electron chi connectivity index (χ4n) is 3.19. The quantitative estimate of drug-likeness (QED) is 0.191. The van der Waals surface area contributed by atoms with Crippen molar-refractivity contribution in [1.82, 2.24) is 25.4 Å².